The Morgan fingerprint density at radius 1 is 1.07 bits per heavy atom. The molecule has 2 fully saturated rings. The van der Waals surface area contributed by atoms with Crippen LogP contribution in [0.4, 0.5) is 0 Å². The van der Waals surface area contributed by atoms with E-state index >= 15 is 0 Å². The van der Waals surface area contributed by atoms with E-state index in [-0.39, 0.29) is 0 Å². The second-order valence-electron chi connectivity index (χ2n) is 5.73. The van der Waals surface area contributed by atoms with Crippen molar-refractivity contribution in [3.8, 4) is 0 Å². The summed E-state index contributed by atoms with van der Waals surface area (Å²) in [6.07, 6.45) is 11.9. The third-order valence-corrected chi connectivity index (χ3v) is 5.52. The summed E-state index contributed by atoms with van der Waals surface area (Å²) in [6.45, 7) is 0. The Labute approximate surface area is 90.9 Å². The zero-order chi connectivity index (χ0) is 9.93. The van der Waals surface area contributed by atoms with E-state index in [2.05, 4.69) is 12.1 Å². The maximum atomic E-state index is 4.73. The quantitative estimate of drug-likeness (QED) is 0.625. The van der Waals surface area contributed by atoms with Crippen molar-refractivity contribution in [1.29, 1.82) is 0 Å². The number of aryl methyl sites for hydroxylation is 1. The van der Waals surface area contributed by atoms with E-state index in [9.17, 15) is 0 Å². The summed E-state index contributed by atoms with van der Waals surface area (Å²) in [5.74, 6) is 0. The molecule has 1 aromatic rings. The van der Waals surface area contributed by atoms with Gasteiger partial charge in [0.25, 0.3) is 0 Å². The van der Waals surface area contributed by atoms with Gasteiger partial charge in [0.1, 0.15) is 0 Å². The standard InChI is InChI=1S/C14H17N/c1-3-11-4-7-13-5-2-6-14(13,9-8-13)12(11)15-10-1/h1,3,10H,2,4-9H2. The van der Waals surface area contributed by atoms with Gasteiger partial charge in [0.2, 0.25) is 0 Å². The molecule has 1 aromatic heterocycles. The number of pyridine rings is 1. The van der Waals surface area contributed by atoms with Crippen molar-refractivity contribution in [3.05, 3.63) is 29.6 Å². The maximum Gasteiger partial charge on any atom is 0.0502 e. The molecule has 0 N–H and O–H groups in total. The van der Waals surface area contributed by atoms with E-state index in [4.69, 9.17) is 4.98 Å². The van der Waals surface area contributed by atoms with Crippen LogP contribution in [-0.2, 0) is 11.8 Å². The molecule has 3 aliphatic rings. The normalized spacial score (nSPS) is 41.3. The largest absolute Gasteiger partial charge is 0.260 e. The van der Waals surface area contributed by atoms with Crippen LogP contribution in [0.2, 0.25) is 0 Å². The first-order chi connectivity index (χ1) is 7.36. The highest BCUT2D eigenvalue weighted by Gasteiger charge is 2.64. The van der Waals surface area contributed by atoms with Gasteiger partial charge in [-0.15, -0.1) is 0 Å². The van der Waals surface area contributed by atoms with Crippen LogP contribution in [0.3, 0.4) is 0 Å². The molecule has 1 nitrogen and oxygen atoms in total. The van der Waals surface area contributed by atoms with Crippen LogP contribution >= 0.6 is 0 Å². The molecule has 15 heavy (non-hydrogen) atoms. The lowest BCUT2D eigenvalue weighted by atomic mass is 9.45. The van der Waals surface area contributed by atoms with Crippen LogP contribution in [-0.4, -0.2) is 4.98 Å². The zero-order valence-electron chi connectivity index (χ0n) is 9.13. The van der Waals surface area contributed by atoms with Crippen LogP contribution < -0.4 is 0 Å². The van der Waals surface area contributed by atoms with Crippen molar-refractivity contribution in [2.45, 2.75) is 50.4 Å². The molecule has 0 saturated heterocycles. The maximum absolute atomic E-state index is 4.73. The molecule has 2 unspecified atom stereocenters. The summed E-state index contributed by atoms with van der Waals surface area (Å²) in [7, 11) is 0. The van der Waals surface area contributed by atoms with Crippen molar-refractivity contribution in [3.63, 3.8) is 0 Å². The van der Waals surface area contributed by atoms with Crippen LogP contribution in [0.5, 0.6) is 0 Å². The highest BCUT2D eigenvalue weighted by atomic mass is 14.8. The molecule has 0 amide bonds. The lowest BCUT2D eigenvalue weighted by Gasteiger charge is -2.59. The predicted octanol–water partition coefficient (Wildman–Crippen LogP) is 3.23. The van der Waals surface area contributed by atoms with Crippen molar-refractivity contribution < 1.29 is 0 Å². The summed E-state index contributed by atoms with van der Waals surface area (Å²) in [6, 6.07) is 4.41. The van der Waals surface area contributed by atoms with Crippen molar-refractivity contribution in [2.24, 2.45) is 5.41 Å². The lowest BCUT2D eigenvalue weighted by Crippen LogP contribution is -2.54. The molecule has 2 atom stereocenters. The molecule has 3 aliphatic carbocycles. The monoisotopic (exact) mass is 199 g/mol. The third kappa shape index (κ3) is 0.768. The Morgan fingerprint density at radius 3 is 2.93 bits per heavy atom. The van der Waals surface area contributed by atoms with Crippen molar-refractivity contribution in [2.75, 3.05) is 0 Å². The minimum Gasteiger partial charge on any atom is -0.260 e. The Hall–Kier alpha value is -0.850. The van der Waals surface area contributed by atoms with Gasteiger partial charge in [-0.3, -0.25) is 4.98 Å². The smallest absolute Gasteiger partial charge is 0.0502 e. The molecule has 2 saturated carbocycles. The molecule has 4 rings (SSSR count). The molecule has 0 spiro atoms. The fourth-order valence-electron chi connectivity index (χ4n) is 4.69. The minimum atomic E-state index is 0.530. The molecule has 0 aliphatic heterocycles. The number of hydrogen-bond acceptors (Lipinski definition) is 1. The van der Waals surface area contributed by atoms with Gasteiger partial charge >= 0.3 is 0 Å². The van der Waals surface area contributed by atoms with E-state index in [0.29, 0.717) is 10.8 Å². The topological polar surface area (TPSA) is 12.9 Å². The van der Waals surface area contributed by atoms with Gasteiger partial charge in [0, 0.05) is 11.6 Å². The Kier molecular flexibility index (Phi) is 1.36. The molecule has 1 heterocycles. The number of nitrogens with zero attached hydrogens (tertiary/aromatic N) is 1. The average molecular weight is 199 g/mol. The predicted molar refractivity (Wildman–Crippen MR) is 59.8 cm³/mol. The first kappa shape index (κ1) is 8.32. The van der Waals surface area contributed by atoms with Gasteiger partial charge in [-0.25, -0.2) is 0 Å². The van der Waals surface area contributed by atoms with Gasteiger partial charge in [-0.2, -0.15) is 0 Å². The van der Waals surface area contributed by atoms with Crippen molar-refractivity contribution in [1.82, 2.24) is 4.98 Å². The van der Waals surface area contributed by atoms with Crippen LogP contribution in [0.25, 0.3) is 0 Å². The number of hydrogen-bond donors (Lipinski definition) is 0. The van der Waals surface area contributed by atoms with Crippen LogP contribution in [0.1, 0.15) is 49.8 Å². The first-order valence-corrected chi connectivity index (χ1v) is 6.31. The van der Waals surface area contributed by atoms with Gasteiger partial charge in [-0.05, 0) is 55.6 Å². The number of aromatic nitrogens is 1. The highest BCUT2D eigenvalue weighted by molar-refractivity contribution is 5.39. The van der Waals surface area contributed by atoms with Crippen LogP contribution in [0.15, 0.2) is 18.3 Å². The second-order valence-corrected chi connectivity index (χ2v) is 5.73. The van der Waals surface area contributed by atoms with Gasteiger partial charge in [-0.1, -0.05) is 12.5 Å². The molecule has 0 bridgehead atoms. The fourth-order valence-corrected chi connectivity index (χ4v) is 4.69. The van der Waals surface area contributed by atoms with E-state index in [0.717, 1.165) is 0 Å². The van der Waals surface area contributed by atoms with E-state index in [1.807, 2.05) is 6.20 Å². The summed E-state index contributed by atoms with van der Waals surface area (Å²) < 4.78 is 0. The molecule has 1 heteroatoms. The molecule has 0 radical (unpaired) electrons. The summed E-state index contributed by atoms with van der Waals surface area (Å²) in [4.78, 5) is 4.73. The lowest BCUT2D eigenvalue weighted by molar-refractivity contribution is -0.000752. The molecular formula is C14H17N. The minimum absolute atomic E-state index is 0.530. The number of rotatable bonds is 0. The van der Waals surface area contributed by atoms with E-state index in [1.54, 1.807) is 5.56 Å². The Bertz CT molecular complexity index is 425. The second kappa shape index (κ2) is 2.45. The van der Waals surface area contributed by atoms with Gasteiger partial charge in [0.15, 0.2) is 0 Å². The molecule has 78 valence electrons. The summed E-state index contributed by atoms with van der Waals surface area (Å²) in [5.41, 5.74) is 4.26. The van der Waals surface area contributed by atoms with E-state index < -0.39 is 0 Å². The first-order valence-electron chi connectivity index (χ1n) is 6.31. The Morgan fingerprint density at radius 2 is 2.07 bits per heavy atom. The van der Waals surface area contributed by atoms with E-state index in [1.165, 1.54) is 50.6 Å². The summed E-state index contributed by atoms with van der Waals surface area (Å²) >= 11 is 0. The SMILES string of the molecule is c1cnc2c(c1)CCC13CCCC21CC3. The zero-order valence-corrected chi connectivity index (χ0v) is 9.13. The number of fused-ring (bicyclic) bond motifs is 1. The summed E-state index contributed by atoms with van der Waals surface area (Å²) in [5, 5.41) is 0. The Balaban J connectivity index is 1.96. The fraction of sp³-hybridized carbons (Fsp3) is 0.643. The third-order valence-electron chi connectivity index (χ3n) is 5.52. The highest BCUT2D eigenvalue weighted by Crippen LogP contribution is 2.70. The van der Waals surface area contributed by atoms with Crippen molar-refractivity contribution >= 4 is 0 Å². The molecule has 0 aromatic carbocycles. The molecular weight excluding hydrogens is 182 g/mol. The van der Waals surface area contributed by atoms with Crippen LogP contribution in [0, 0.1) is 5.41 Å². The van der Waals surface area contributed by atoms with Gasteiger partial charge < -0.3 is 0 Å². The van der Waals surface area contributed by atoms with Gasteiger partial charge in [0.05, 0.1) is 5.69 Å². The average Bonchev–Trinajstić information content (AvgIpc) is 2.54.